The van der Waals surface area contributed by atoms with Gasteiger partial charge in [-0.15, -0.1) is 0 Å². The van der Waals surface area contributed by atoms with Gasteiger partial charge in [0, 0.05) is 24.2 Å². The van der Waals surface area contributed by atoms with E-state index in [4.69, 9.17) is 0 Å². The number of aromatic hydroxyl groups is 1. The molecule has 2 heterocycles. The molecule has 3 aromatic rings. The molecule has 3 N–H and O–H groups in total. The Kier molecular flexibility index (Phi) is 4.33. The van der Waals surface area contributed by atoms with Gasteiger partial charge in [0.2, 0.25) is 0 Å². The van der Waals surface area contributed by atoms with Crippen molar-refractivity contribution in [2.24, 2.45) is 12.5 Å². The summed E-state index contributed by atoms with van der Waals surface area (Å²) in [7, 11) is 1.95. The van der Waals surface area contributed by atoms with Gasteiger partial charge in [0.05, 0.1) is 22.5 Å². The van der Waals surface area contributed by atoms with Crippen LogP contribution in [0.5, 0.6) is 5.75 Å². The highest BCUT2D eigenvalue weighted by molar-refractivity contribution is 6.06. The molecule has 144 valence electrons. The van der Waals surface area contributed by atoms with E-state index in [0.29, 0.717) is 22.4 Å². The van der Waals surface area contributed by atoms with Crippen molar-refractivity contribution in [2.45, 2.75) is 47.1 Å². The van der Waals surface area contributed by atoms with Gasteiger partial charge in [0.25, 0.3) is 0 Å². The molecule has 2 aromatic heterocycles. The van der Waals surface area contributed by atoms with Gasteiger partial charge in [-0.25, -0.2) is 4.98 Å². The molecular weight excluding hydrogens is 340 g/mol. The Morgan fingerprint density at radius 1 is 1.19 bits per heavy atom. The number of Topliss-reactive ketones (excluding diaryl/α,β-unsaturated/α-hetero) is 1. The van der Waals surface area contributed by atoms with E-state index in [2.05, 4.69) is 36.1 Å². The smallest absolute Gasteiger partial charge is 0.171 e. The van der Waals surface area contributed by atoms with Crippen LogP contribution in [0.3, 0.4) is 0 Å². The van der Waals surface area contributed by atoms with Crippen LogP contribution in [-0.4, -0.2) is 31.0 Å². The minimum Gasteiger partial charge on any atom is -0.505 e. The predicted octanol–water partition coefficient (Wildman–Crippen LogP) is 4.71. The van der Waals surface area contributed by atoms with Crippen molar-refractivity contribution in [3.05, 3.63) is 30.0 Å². The highest BCUT2D eigenvalue weighted by atomic mass is 16.3. The fraction of sp³-hybridized carbons (Fsp3) is 0.429. The molecule has 0 unspecified atom stereocenters. The molecule has 0 bridgehead atoms. The van der Waals surface area contributed by atoms with E-state index in [1.807, 2.05) is 44.6 Å². The van der Waals surface area contributed by atoms with E-state index >= 15 is 0 Å². The highest BCUT2D eigenvalue weighted by Gasteiger charge is 2.27. The molecule has 0 aliphatic rings. The molecule has 0 radical (unpaired) electrons. The van der Waals surface area contributed by atoms with Crippen molar-refractivity contribution in [1.82, 2.24) is 14.5 Å². The van der Waals surface area contributed by atoms with Gasteiger partial charge in [-0.2, -0.15) is 0 Å². The van der Waals surface area contributed by atoms with Gasteiger partial charge in [0.15, 0.2) is 17.4 Å². The minimum absolute atomic E-state index is 0.0486. The number of phenolic OH excluding ortho intramolecular Hbond substituents is 1. The number of hydrogen-bond donors (Lipinski definition) is 3. The quantitative estimate of drug-likeness (QED) is 0.585. The Morgan fingerprint density at radius 2 is 1.85 bits per heavy atom. The lowest BCUT2D eigenvalue weighted by molar-refractivity contribution is 0.0855. The number of nitrogens with one attached hydrogen (secondary N) is 2. The second-order valence-electron chi connectivity index (χ2n) is 9.12. The average molecular weight is 368 g/mol. The number of ketones is 1. The maximum atomic E-state index is 12.6. The summed E-state index contributed by atoms with van der Waals surface area (Å²) in [4.78, 5) is 20.4. The molecule has 0 amide bonds. The van der Waals surface area contributed by atoms with Gasteiger partial charge >= 0.3 is 0 Å². The summed E-state index contributed by atoms with van der Waals surface area (Å²) in [5.41, 5.74) is 2.67. The van der Waals surface area contributed by atoms with E-state index < -0.39 is 5.41 Å². The number of rotatable bonds is 3. The van der Waals surface area contributed by atoms with Crippen molar-refractivity contribution >= 4 is 22.5 Å². The number of carbonyl (C=O) groups excluding carboxylic acids is 1. The molecule has 1 aromatic carbocycles. The second kappa shape index (κ2) is 6.15. The molecule has 0 spiro atoms. The number of carbonyl (C=O) groups is 1. The Labute approximate surface area is 159 Å². The molecule has 0 atom stereocenters. The first kappa shape index (κ1) is 19.0. The number of hydrogen-bond acceptors (Lipinski definition) is 4. The molecule has 0 aliphatic carbocycles. The van der Waals surface area contributed by atoms with E-state index in [0.717, 1.165) is 11.4 Å². The summed E-state index contributed by atoms with van der Waals surface area (Å²) < 4.78 is 1.98. The van der Waals surface area contributed by atoms with Crippen molar-refractivity contribution in [1.29, 1.82) is 0 Å². The second-order valence-corrected chi connectivity index (χ2v) is 9.12. The van der Waals surface area contributed by atoms with Gasteiger partial charge in [-0.3, -0.25) is 4.79 Å². The van der Waals surface area contributed by atoms with Crippen LogP contribution in [-0.2, 0) is 7.05 Å². The minimum atomic E-state index is -0.573. The summed E-state index contributed by atoms with van der Waals surface area (Å²) in [6, 6.07) is 5.47. The summed E-state index contributed by atoms with van der Waals surface area (Å²) in [6.07, 6.45) is 2.00. The van der Waals surface area contributed by atoms with Crippen molar-refractivity contribution < 1.29 is 9.90 Å². The van der Waals surface area contributed by atoms with Crippen LogP contribution in [0.15, 0.2) is 24.4 Å². The third-order valence-electron chi connectivity index (χ3n) is 4.32. The lowest BCUT2D eigenvalue weighted by Gasteiger charge is -2.20. The van der Waals surface area contributed by atoms with Crippen LogP contribution < -0.4 is 5.32 Å². The topological polar surface area (TPSA) is 82.9 Å². The van der Waals surface area contributed by atoms with E-state index in [1.165, 1.54) is 0 Å². The first-order chi connectivity index (χ1) is 12.4. The third-order valence-corrected chi connectivity index (χ3v) is 4.32. The van der Waals surface area contributed by atoms with Crippen LogP contribution in [0.2, 0.25) is 0 Å². The van der Waals surface area contributed by atoms with Gasteiger partial charge < -0.3 is 20.0 Å². The van der Waals surface area contributed by atoms with Crippen molar-refractivity contribution in [3.8, 4) is 17.3 Å². The fourth-order valence-electron chi connectivity index (χ4n) is 3.07. The number of fused-ring (bicyclic) bond motifs is 1. The monoisotopic (exact) mass is 368 g/mol. The van der Waals surface area contributed by atoms with Gasteiger partial charge in [-0.1, -0.05) is 20.8 Å². The third kappa shape index (κ3) is 3.70. The Hall–Kier alpha value is -2.76. The number of aryl methyl sites for hydroxylation is 1. The van der Waals surface area contributed by atoms with Gasteiger partial charge in [0.1, 0.15) is 5.52 Å². The standard InChI is InChI=1S/C21H28N4O2/c1-20(2,3)18(27)13-8-9-14-16(17(13)26)23-19(22-14)15-10-12(11-25(15)7)24-21(4,5)6/h8-11,24,26H,1-7H3,(H,22,23). The zero-order chi connectivity index (χ0) is 20.1. The van der Waals surface area contributed by atoms with Crippen LogP contribution in [0.1, 0.15) is 51.9 Å². The number of aromatic nitrogens is 3. The van der Waals surface area contributed by atoms with Crippen LogP contribution in [0.4, 0.5) is 5.69 Å². The first-order valence-corrected chi connectivity index (χ1v) is 9.08. The average Bonchev–Trinajstić information content (AvgIpc) is 3.08. The number of imidazole rings is 1. The summed E-state index contributed by atoms with van der Waals surface area (Å²) in [5, 5.41) is 14.1. The molecule has 27 heavy (non-hydrogen) atoms. The van der Waals surface area contributed by atoms with Gasteiger partial charge in [-0.05, 0) is 39.0 Å². The largest absolute Gasteiger partial charge is 0.505 e. The van der Waals surface area contributed by atoms with Crippen LogP contribution in [0, 0.1) is 5.41 Å². The Balaban J connectivity index is 2.06. The van der Waals surface area contributed by atoms with E-state index in [1.54, 1.807) is 12.1 Å². The number of nitrogens with zero attached hydrogens (tertiary/aromatic N) is 2. The molecule has 6 nitrogen and oxygen atoms in total. The SMILES string of the molecule is Cn1cc(NC(C)(C)C)cc1-c1nc2c(O)c(C(=O)C(C)(C)C)ccc2[nH]1. The van der Waals surface area contributed by atoms with E-state index in [9.17, 15) is 9.90 Å². The Bertz CT molecular complexity index is 1010. The summed E-state index contributed by atoms with van der Waals surface area (Å²) in [5.74, 6) is 0.462. The number of benzene rings is 1. The molecular formula is C21H28N4O2. The zero-order valence-electron chi connectivity index (χ0n) is 17.1. The number of anilines is 1. The lowest BCUT2D eigenvalue weighted by atomic mass is 9.86. The van der Waals surface area contributed by atoms with Crippen LogP contribution in [0.25, 0.3) is 22.6 Å². The number of H-pyrrole nitrogens is 1. The normalized spacial score (nSPS) is 12.6. The summed E-state index contributed by atoms with van der Waals surface area (Å²) >= 11 is 0. The van der Waals surface area contributed by atoms with Crippen molar-refractivity contribution in [3.63, 3.8) is 0 Å². The molecule has 6 heteroatoms. The molecule has 0 aliphatic heterocycles. The van der Waals surface area contributed by atoms with Crippen molar-refractivity contribution in [2.75, 3.05) is 5.32 Å². The number of phenols is 1. The summed E-state index contributed by atoms with van der Waals surface area (Å²) in [6.45, 7) is 11.8. The van der Waals surface area contributed by atoms with E-state index in [-0.39, 0.29) is 17.1 Å². The van der Waals surface area contributed by atoms with Crippen LogP contribution >= 0.6 is 0 Å². The maximum Gasteiger partial charge on any atom is 0.171 e. The fourth-order valence-corrected chi connectivity index (χ4v) is 3.07. The maximum absolute atomic E-state index is 12.6. The Morgan fingerprint density at radius 3 is 2.44 bits per heavy atom. The molecule has 3 rings (SSSR count). The lowest BCUT2D eigenvalue weighted by Crippen LogP contribution is -2.25. The predicted molar refractivity (Wildman–Crippen MR) is 109 cm³/mol. The first-order valence-electron chi connectivity index (χ1n) is 9.08. The molecule has 0 fully saturated rings. The molecule has 0 saturated carbocycles. The number of aromatic amines is 1. The zero-order valence-corrected chi connectivity index (χ0v) is 17.1. The molecule has 0 saturated heterocycles. The highest BCUT2D eigenvalue weighted by Crippen LogP contribution is 2.34.